The van der Waals surface area contributed by atoms with Crippen molar-refractivity contribution in [3.05, 3.63) is 48.6 Å². The number of hydrogen-bond donors (Lipinski definition) is 7. The van der Waals surface area contributed by atoms with Gasteiger partial charge in [0, 0.05) is 0 Å². The van der Waals surface area contributed by atoms with E-state index in [1.54, 1.807) is 6.08 Å². The summed E-state index contributed by atoms with van der Waals surface area (Å²) < 4.78 is 11.2. The van der Waals surface area contributed by atoms with E-state index in [0.29, 0.717) is 19.3 Å². The predicted octanol–water partition coefficient (Wildman–Crippen LogP) is 11.1. The molecule has 8 atom stereocenters. The van der Waals surface area contributed by atoms with Crippen molar-refractivity contribution in [1.82, 2.24) is 5.32 Å². The first-order valence-corrected chi connectivity index (χ1v) is 26.5. The Labute approximate surface area is 391 Å². The number of aliphatic hydroxyl groups is 6. The van der Waals surface area contributed by atoms with Crippen LogP contribution in [0.25, 0.3) is 0 Å². The lowest BCUT2D eigenvalue weighted by Crippen LogP contribution is -2.60. The molecule has 7 N–H and O–H groups in total. The summed E-state index contributed by atoms with van der Waals surface area (Å²) in [6.07, 6.45) is 46.3. The smallest absolute Gasteiger partial charge is 0.249 e. The van der Waals surface area contributed by atoms with Crippen molar-refractivity contribution in [1.29, 1.82) is 0 Å². The fraction of sp³-hybridized carbons (Fsp3) is 0.833. The minimum Gasteiger partial charge on any atom is -0.394 e. The summed E-state index contributed by atoms with van der Waals surface area (Å²) in [5, 5.41) is 64.9. The third-order valence-electron chi connectivity index (χ3n) is 12.5. The van der Waals surface area contributed by atoms with Gasteiger partial charge in [-0.05, 0) is 64.2 Å². The van der Waals surface area contributed by atoms with Crippen LogP contribution in [0.5, 0.6) is 0 Å². The highest BCUT2D eigenvalue weighted by Crippen LogP contribution is 2.23. The quantitative estimate of drug-likeness (QED) is 0.0232. The molecule has 1 rings (SSSR count). The Morgan fingerprint density at radius 1 is 0.547 bits per heavy atom. The normalized spacial score (nSPS) is 20.9. The molecule has 0 bridgehead atoms. The minimum atomic E-state index is -1.62. The molecule has 0 radical (unpaired) electrons. The molecule has 0 aromatic carbocycles. The molecule has 8 unspecified atom stereocenters. The van der Waals surface area contributed by atoms with E-state index in [9.17, 15) is 35.4 Å². The van der Waals surface area contributed by atoms with Crippen LogP contribution < -0.4 is 5.32 Å². The lowest BCUT2D eigenvalue weighted by Gasteiger charge is -2.40. The molecule has 0 spiro atoms. The lowest BCUT2D eigenvalue weighted by atomic mass is 9.99. The van der Waals surface area contributed by atoms with Crippen LogP contribution in [0.4, 0.5) is 0 Å². The van der Waals surface area contributed by atoms with E-state index in [-0.39, 0.29) is 6.61 Å². The average Bonchev–Trinajstić information content (AvgIpc) is 3.29. The van der Waals surface area contributed by atoms with Crippen molar-refractivity contribution in [3.8, 4) is 0 Å². The SMILES string of the molecule is CCCCCCCCCCC/C=C\C/C=C\CCCCCCCCC(O)C(=O)NC(COC1OC(CO)C(O)C(O)C1O)C(O)/C=C/CC/C=C/CCCCCCCCCCCCC. The van der Waals surface area contributed by atoms with E-state index >= 15 is 0 Å². The number of nitrogens with one attached hydrogen (secondary N) is 1. The molecule has 1 saturated heterocycles. The lowest BCUT2D eigenvalue weighted by molar-refractivity contribution is -0.302. The van der Waals surface area contributed by atoms with Crippen molar-refractivity contribution in [2.75, 3.05) is 13.2 Å². The number of unbranched alkanes of at least 4 members (excludes halogenated alkanes) is 27. The van der Waals surface area contributed by atoms with Crippen molar-refractivity contribution in [3.63, 3.8) is 0 Å². The van der Waals surface area contributed by atoms with Crippen LogP contribution in [0.3, 0.4) is 0 Å². The van der Waals surface area contributed by atoms with Crippen LogP contribution in [0.2, 0.25) is 0 Å². The van der Waals surface area contributed by atoms with E-state index < -0.39 is 61.5 Å². The second-order valence-corrected chi connectivity index (χ2v) is 18.4. The summed E-state index contributed by atoms with van der Waals surface area (Å²) in [7, 11) is 0. The van der Waals surface area contributed by atoms with Gasteiger partial charge in [0.2, 0.25) is 5.91 Å². The fourth-order valence-corrected chi connectivity index (χ4v) is 8.15. The zero-order chi connectivity index (χ0) is 46.7. The first-order valence-electron chi connectivity index (χ1n) is 26.5. The van der Waals surface area contributed by atoms with Gasteiger partial charge in [0.1, 0.15) is 30.5 Å². The van der Waals surface area contributed by atoms with E-state index in [4.69, 9.17) is 9.47 Å². The average molecular weight is 906 g/mol. The van der Waals surface area contributed by atoms with E-state index in [1.807, 2.05) is 6.08 Å². The highest BCUT2D eigenvalue weighted by Gasteiger charge is 2.44. The number of rotatable bonds is 44. The van der Waals surface area contributed by atoms with Gasteiger partial charge in [-0.25, -0.2) is 0 Å². The van der Waals surface area contributed by atoms with Crippen molar-refractivity contribution in [2.45, 2.75) is 275 Å². The molecule has 1 aliphatic rings. The van der Waals surface area contributed by atoms with Crippen molar-refractivity contribution in [2.24, 2.45) is 0 Å². The zero-order valence-corrected chi connectivity index (χ0v) is 40.9. The molecular formula is C54H99NO9. The van der Waals surface area contributed by atoms with Gasteiger partial charge in [0.05, 0.1) is 25.4 Å². The largest absolute Gasteiger partial charge is 0.394 e. The molecule has 64 heavy (non-hydrogen) atoms. The molecule has 10 nitrogen and oxygen atoms in total. The van der Waals surface area contributed by atoms with Gasteiger partial charge in [-0.15, -0.1) is 0 Å². The predicted molar refractivity (Wildman–Crippen MR) is 264 cm³/mol. The van der Waals surface area contributed by atoms with Gasteiger partial charge >= 0.3 is 0 Å². The second-order valence-electron chi connectivity index (χ2n) is 18.4. The number of allylic oxidation sites excluding steroid dienone is 7. The summed E-state index contributed by atoms with van der Waals surface area (Å²) in [6, 6.07) is -1.00. The number of carbonyl (C=O) groups excluding carboxylic acids is 1. The zero-order valence-electron chi connectivity index (χ0n) is 40.9. The Kier molecular flexibility index (Phi) is 41.0. The van der Waals surface area contributed by atoms with Crippen molar-refractivity contribution >= 4 is 5.91 Å². The van der Waals surface area contributed by atoms with E-state index in [2.05, 4.69) is 55.6 Å². The van der Waals surface area contributed by atoms with Crippen LogP contribution >= 0.6 is 0 Å². The Balaban J connectivity index is 2.36. The Morgan fingerprint density at radius 3 is 1.45 bits per heavy atom. The minimum absolute atomic E-state index is 0.291. The topological polar surface area (TPSA) is 169 Å². The van der Waals surface area contributed by atoms with Crippen LogP contribution in [0, 0.1) is 0 Å². The van der Waals surface area contributed by atoms with Gasteiger partial charge in [-0.3, -0.25) is 4.79 Å². The summed E-state index contributed by atoms with van der Waals surface area (Å²) in [4.78, 5) is 13.1. The van der Waals surface area contributed by atoms with Gasteiger partial charge in [0.15, 0.2) is 6.29 Å². The Hall–Kier alpha value is -1.89. The fourth-order valence-electron chi connectivity index (χ4n) is 8.15. The maximum Gasteiger partial charge on any atom is 0.249 e. The molecule has 1 heterocycles. The number of ether oxygens (including phenoxy) is 2. The number of carbonyl (C=O) groups is 1. The first kappa shape index (κ1) is 60.1. The molecule has 374 valence electrons. The standard InChI is InChI=1S/C54H99NO9/c1-3-5-7-9-11-13-15-17-19-21-22-23-24-25-27-29-31-33-35-37-39-41-43-48(58)53(62)55-46(45-63-54-52(61)51(60)50(59)49(44-56)64-54)47(57)42-40-38-36-34-32-30-28-26-20-18-16-14-12-10-8-6-4-2/h22-23,25,27,32,34,40,42,46-52,54,56-61H,3-21,24,26,28-31,33,35-39,41,43-45H2,1-2H3,(H,55,62)/b23-22-,27-25-,34-32+,42-40+. The van der Waals surface area contributed by atoms with Crippen LogP contribution in [-0.2, 0) is 14.3 Å². The van der Waals surface area contributed by atoms with E-state index in [1.165, 1.54) is 135 Å². The monoisotopic (exact) mass is 906 g/mol. The maximum absolute atomic E-state index is 13.1. The molecule has 1 fully saturated rings. The van der Waals surface area contributed by atoms with Crippen LogP contribution in [0.1, 0.15) is 226 Å². The molecule has 0 saturated carbocycles. The van der Waals surface area contributed by atoms with Gasteiger partial charge in [0.25, 0.3) is 0 Å². The molecular weight excluding hydrogens is 807 g/mol. The molecule has 0 aromatic rings. The van der Waals surface area contributed by atoms with E-state index in [0.717, 1.165) is 57.8 Å². The molecule has 0 aromatic heterocycles. The van der Waals surface area contributed by atoms with Crippen LogP contribution in [-0.4, -0.2) is 98.7 Å². The summed E-state index contributed by atoms with van der Waals surface area (Å²) >= 11 is 0. The molecule has 0 aliphatic carbocycles. The summed E-state index contributed by atoms with van der Waals surface area (Å²) in [6.45, 7) is 3.60. The number of hydrogen-bond acceptors (Lipinski definition) is 9. The third-order valence-corrected chi connectivity index (χ3v) is 12.5. The second kappa shape index (κ2) is 43.7. The van der Waals surface area contributed by atoms with Crippen LogP contribution in [0.15, 0.2) is 48.6 Å². The molecule has 1 aliphatic heterocycles. The summed E-state index contributed by atoms with van der Waals surface area (Å²) in [5.74, 6) is -0.634. The maximum atomic E-state index is 13.1. The number of amides is 1. The number of aliphatic hydroxyl groups excluding tert-OH is 6. The molecule has 10 heteroatoms. The Morgan fingerprint density at radius 2 is 0.969 bits per heavy atom. The highest BCUT2D eigenvalue weighted by atomic mass is 16.7. The summed E-state index contributed by atoms with van der Waals surface area (Å²) in [5.41, 5.74) is 0. The van der Waals surface area contributed by atoms with Gasteiger partial charge in [-0.2, -0.15) is 0 Å². The van der Waals surface area contributed by atoms with Crippen molar-refractivity contribution < 1.29 is 44.9 Å². The first-order chi connectivity index (χ1) is 31.3. The van der Waals surface area contributed by atoms with Gasteiger partial charge < -0.3 is 45.4 Å². The third kappa shape index (κ3) is 32.7. The molecule has 1 amide bonds. The Bertz CT molecular complexity index is 1160. The highest BCUT2D eigenvalue weighted by molar-refractivity contribution is 5.80. The van der Waals surface area contributed by atoms with Gasteiger partial charge in [-0.1, -0.05) is 210 Å².